The molecule has 1 aliphatic rings. The lowest BCUT2D eigenvalue weighted by Gasteiger charge is -1.99. The molecule has 0 aliphatic carbocycles. The van der Waals surface area contributed by atoms with Gasteiger partial charge in [-0.05, 0) is 11.6 Å². The van der Waals surface area contributed by atoms with E-state index in [1.807, 2.05) is 36.4 Å². The molecule has 1 aromatic carbocycles. The third-order valence-corrected chi connectivity index (χ3v) is 1.78. The van der Waals surface area contributed by atoms with Gasteiger partial charge in [-0.1, -0.05) is 30.3 Å². The molecule has 1 N–H and O–H groups in total. The van der Waals surface area contributed by atoms with Gasteiger partial charge in [-0.2, -0.15) is 0 Å². The molecule has 0 fully saturated rings. The van der Waals surface area contributed by atoms with Gasteiger partial charge in [0, 0.05) is 11.8 Å². The molecule has 1 aliphatic heterocycles. The molecule has 0 amide bonds. The van der Waals surface area contributed by atoms with E-state index in [1.165, 1.54) is 0 Å². The Morgan fingerprint density at radius 3 is 2.42 bits per heavy atom. The average Bonchev–Trinajstić information content (AvgIpc) is 2.53. The minimum Gasteiger partial charge on any atom is -0.282 e. The summed E-state index contributed by atoms with van der Waals surface area (Å²) in [7, 11) is 0. The maximum atomic E-state index is 7.48. The molecule has 0 bridgehead atoms. The second-order valence-electron chi connectivity index (χ2n) is 2.57. The Hall–Kier alpha value is -1.70. The molecule has 0 aromatic heterocycles. The van der Waals surface area contributed by atoms with Crippen LogP contribution in [0.15, 0.2) is 41.4 Å². The Morgan fingerprint density at radius 1 is 1.08 bits per heavy atom. The Balaban J connectivity index is 2.40. The van der Waals surface area contributed by atoms with Gasteiger partial charge in [-0.3, -0.25) is 5.41 Å². The Kier molecular flexibility index (Phi) is 1.59. The molecule has 0 radical (unpaired) electrons. The molecule has 2 heteroatoms. The van der Waals surface area contributed by atoms with Crippen LogP contribution in [0, 0.1) is 5.41 Å². The average molecular weight is 156 g/mol. The van der Waals surface area contributed by atoms with Crippen molar-refractivity contribution in [2.75, 3.05) is 0 Å². The molecule has 58 valence electrons. The fraction of sp³-hybridized carbons (Fsp3) is 0. The number of amidine groups is 1. The Labute approximate surface area is 70.8 Å². The van der Waals surface area contributed by atoms with Crippen LogP contribution < -0.4 is 0 Å². The van der Waals surface area contributed by atoms with Crippen LogP contribution in [-0.4, -0.2) is 12.1 Å². The fourth-order valence-corrected chi connectivity index (χ4v) is 1.19. The lowest BCUT2D eigenvalue weighted by Crippen LogP contribution is -1.91. The summed E-state index contributed by atoms with van der Waals surface area (Å²) in [5, 5.41) is 7.48. The van der Waals surface area contributed by atoms with E-state index in [1.54, 1.807) is 6.21 Å². The first-order chi connectivity index (χ1) is 5.88. The van der Waals surface area contributed by atoms with Crippen LogP contribution in [-0.2, 0) is 0 Å². The van der Waals surface area contributed by atoms with E-state index >= 15 is 0 Å². The largest absolute Gasteiger partial charge is 0.282 e. The van der Waals surface area contributed by atoms with Gasteiger partial charge in [-0.25, -0.2) is 4.99 Å². The van der Waals surface area contributed by atoms with Gasteiger partial charge < -0.3 is 0 Å². The molecule has 2 rings (SSSR count). The van der Waals surface area contributed by atoms with E-state index in [2.05, 4.69) is 4.99 Å². The first kappa shape index (κ1) is 6.98. The van der Waals surface area contributed by atoms with Gasteiger partial charge in [-0.15, -0.1) is 0 Å². The van der Waals surface area contributed by atoms with E-state index < -0.39 is 0 Å². The summed E-state index contributed by atoms with van der Waals surface area (Å²) < 4.78 is 0. The number of nitrogens with one attached hydrogen (secondary N) is 1. The number of benzene rings is 1. The first-order valence-electron chi connectivity index (χ1n) is 3.76. The summed E-state index contributed by atoms with van der Waals surface area (Å²) in [5.41, 5.74) is 1.95. The van der Waals surface area contributed by atoms with E-state index in [0.29, 0.717) is 5.84 Å². The number of allylic oxidation sites excluding steroid dienone is 1. The van der Waals surface area contributed by atoms with Crippen molar-refractivity contribution in [2.24, 2.45) is 4.99 Å². The number of hydrogen-bond donors (Lipinski definition) is 1. The first-order valence-corrected chi connectivity index (χ1v) is 3.76. The highest BCUT2D eigenvalue weighted by molar-refractivity contribution is 6.29. The van der Waals surface area contributed by atoms with Gasteiger partial charge in [0.15, 0.2) is 5.84 Å². The fourth-order valence-electron chi connectivity index (χ4n) is 1.19. The zero-order valence-corrected chi connectivity index (χ0v) is 6.49. The highest BCUT2D eigenvalue weighted by Gasteiger charge is 2.08. The molecule has 2 nitrogen and oxygen atoms in total. The van der Waals surface area contributed by atoms with Gasteiger partial charge >= 0.3 is 0 Å². The van der Waals surface area contributed by atoms with Crippen LogP contribution in [0.3, 0.4) is 0 Å². The third kappa shape index (κ3) is 1.07. The molecule has 0 atom stereocenters. The third-order valence-electron chi connectivity index (χ3n) is 1.78. The maximum Gasteiger partial charge on any atom is 0.152 e. The van der Waals surface area contributed by atoms with Crippen LogP contribution >= 0.6 is 0 Å². The van der Waals surface area contributed by atoms with Crippen LogP contribution in [0.5, 0.6) is 0 Å². The molecule has 1 heterocycles. The zero-order chi connectivity index (χ0) is 8.39. The van der Waals surface area contributed by atoms with Crippen molar-refractivity contribution >= 4 is 17.6 Å². The predicted molar refractivity (Wildman–Crippen MR) is 50.6 cm³/mol. The van der Waals surface area contributed by atoms with Crippen LogP contribution in [0.4, 0.5) is 0 Å². The van der Waals surface area contributed by atoms with Crippen molar-refractivity contribution in [2.45, 2.75) is 0 Å². The minimum atomic E-state index is 0.348. The molecule has 0 saturated heterocycles. The summed E-state index contributed by atoms with van der Waals surface area (Å²) >= 11 is 0. The summed E-state index contributed by atoms with van der Waals surface area (Å²) in [6.07, 6.45) is 3.52. The molecule has 1 aromatic rings. The van der Waals surface area contributed by atoms with Gasteiger partial charge in [0.2, 0.25) is 0 Å². The Morgan fingerprint density at radius 2 is 1.83 bits per heavy atom. The molecule has 0 unspecified atom stereocenters. The predicted octanol–water partition coefficient (Wildman–Crippen LogP) is 2.13. The van der Waals surface area contributed by atoms with E-state index in [4.69, 9.17) is 5.41 Å². The van der Waals surface area contributed by atoms with Crippen LogP contribution in [0.25, 0.3) is 5.57 Å². The monoisotopic (exact) mass is 156 g/mol. The minimum absolute atomic E-state index is 0.348. The number of hydrogen-bond acceptors (Lipinski definition) is 1. The highest BCUT2D eigenvalue weighted by Crippen LogP contribution is 2.17. The molecular weight excluding hydrogens is 148 g/mol. The second kappa shape index (κ2) is 2.74. The zero-order valence-electron chi connectivity index (χ0n) is 6.49. The van der Waals surface area contributed by atoms with Crippen LogP contribution in [0.2, 0.25) is 0 Å². The normalized spacial score (nSPS) is 15.0. The van der Waals surface area contributed by atoms with E-state index in [-0.39, 0.29) is 0 Å². The van der Waals surface area contributed by atoms with Crippen molar-refractivity contribution < 1.29 is 0 Å². The van der Waals surface area contributed by atoms with Gasteiger partial charge in [0.05, 0.1) is 0 Å². The molecule has 0 saturated carbocycles. The summed E-state index contributed by atoms with van der Waals surface area (Å²) in [6, 6.07) is 9.84. The maximum absolute atomic E-state index is 7.48. The lowest BCUT2D eigenvalue weighted by molar-refractivity contribution is 1.47. The van der Waals surface area contributed by atoms with E-state index in [0.717, 1.165) is 11.1 Å². The van der Waals surface area contributed by atoms with Crippen molar-refractivity contribution in [3.63, 3.8) is 0 Å². The lowest BCUT2D eigenvalue weighted by atomic mass is 10.1. The standard InChI is InChI=1S/C10H8N2/c11-10-9(6-7-12-10)8-4-2-1-3-5-8/h1-7,11H. The van der Waals surface area contributed by atoms with Crippen molar-refractivity contribution in [1.82, 2.24) is 0 Å². The molecular formula is C10H8N2. The van der Waals surface area contributed by atoms with E-state index in [9.17, 15) is 0 Å². The summed E-state index contributed by atoms with van der Waals surface area (Å²) in [6.45, 7) is 0. The van der Waals surface area contributed by atoms with Crippen molar-refractivity contribution in [3.05, 3.63) is 42.0 Å². The number of aliphatic imine (C=N–C) groups is 1. The summed E-state index contributed by atoms with van der Waals surface area (Å²) in [5.74, 6) is 0.348. The number of nitrogens with zero attached hydrogens (tertiary/aromatic N) is 1. The van der Waals surface area contributed by atoms with Crippen LogP contribution in [0.1, 0.15) is 5.56 Å². The number of rotatable bonds is 1. The quantitative estimate of drug-likeness (QED) is 0.646. The smallest absolute Gasteiger partial charge is 0.152 e. The van der Waals surface area contributed by atoms with Crippen molar-refractivity contribution in [1.29, 1.82) is 5.41 Å². The topological polar surface area (TPSA) is 36.2 Å². The van der Waals surface area contributed by atoms with Crippen molar-refractivity contribution in [3.8, 4) is 0 Å². The Bertz CT molecular complexity index is 361. The van der Waals surface area contributed by atoms with Gasteiger partial charge in [0.25, 0.3) is 0 Å². The molecule has 12 heavy (non-hydrogen) atoms. The molecule has 0 spiro atoms. The summed E-state index contributed by atoms with van der Waals surface area (Å²) in [4.78, 5) is 3.86. The second-order valence-corrected chi connectivity index (χ2v) is 2.57. The van der Waals surface area contributed by atoms with Gasteiger partial charge in [0.1, 0.15) is 0 Å². The SMILES string of the molecule is N=C1N=CC=C1c1ccccc1. The highest BCUT2D eigenvalue weighted by atomic mass is 14.8.